The van der Waals surface area contributed by atoms with Crippen molar-refractivity contribution in [2.24, 2.45) is 13.0 Å². The predicted octanol–water partition coefficient (Wildman–Crippen LogP) is 2.29. The molecule has 204 valence electrons. The lowest BCUT2D eigenvalue weighted by atomic mass is 9.98. The first-order valence-electron chi connectivity index (χ1n) is 12.1. The van der Waals surface area contributed by atoms with Crippen LogP contribution in [0.2, 0.25) is 0 Å². The van der Waals surface area contributed by atoms with Gasteiger partial charge in [0.1, 0.15) is 5.56 Å². The van der Waals surface area contributed by atoms with Crippen LogP contribution in [-0.4, -0.2) is 81.6 Å². The highest BCUT2D eigenvalue weighted by Gasteiger charge is 2.38. The maximum absolute atomic E-state index is 13.5. The second-order valence-electron chi connectivity index (χ2n) is 9.11. The van der Waals surface area contributed by atoms with Gasteiger partial charge in [0.2, 0.25) is 5.95 Å². The molecule has 2 aliphatic rings. The Hall–Kier alpha value is -2.78. The molecule has 4 rings (SSSR count). The molecular formula is C22H30F3N7O4S. The van der Waals surface area contributed by atoms with Gasteiger partial charge in [-0.05, 0) is 32.6 Å². The van der Waals surface area contributed by atoms with Crippen molar-refractivity contribution in [2.75, 3.05) is 38.1 Å². The van der Waals surface area contributed by atoms with Crippen molar-refractivity contribution in [2.45, 2.75) is 44.8 Å². The minimum absolute atomic E-state index is 0.0363. The molecule has 0 aromatic carbocycles. The second-order valence-corrected chi connectivity index (χ2v) is 11.0. The quantitative estimate of drug-likeness (QED) is 0.526. The first-order valence-corrected chi connectivity index (χ1v) is 13.5. The van der Waals surface area contributed by atoms with Gasteiger partial charge >= 0.3 is 12.1 Å². The largest absolute Gasteiger partial charge is 0.466 e. The van der Waals surface area contributed by atoms with E-state index in [1.54, 1.807) is 14.0 Å². The van der Waals surface area contributed by atoms with Gasteiger partial charge in [-0.1, -0.05) is 0 Å². The third kappa shape index (κ3) is 6.21. The third-order valence-electron chi connectivity index (χ3n) is 6.59. The Morgan fingerprint density at radius 2 is 1.73 bits per heavy atom. The molecule has 2 aromatic heterocycles. The van der Waals surface area contributed by atoms with E-state index in [1.165, 1.54) is 25.7 Å². The van der Waals surface area contributed by atoms with Crippen LogP contribution in [0.15, 0.2) is 18.6 Å². The lowest BCUT2D eigenvalue weighted by Crippen LogP contribution is -2.51. The maximum atomic E-state index is 13.5. The highest BCUT2D eigenvalue weighted by atomic mass is 32.2. The fraction of sp³-hybridized carbons (Fsp3) is 0.636. The Labute approximate surface area is 213 Å². The number of halogens is 3. The standard InChI is InChI=1S/C22H30F3N7O4S/c1-3-36-20(33)15-4-8-31(9-5-15)37(34,35)32-10-6-17(7-11-32)28-21-26-13-18(22(23,24)25)19(29-21)16-12-27-30(2)14-16/h12-15,17H,3-11H2,1-2H3,(H,26,28,29). The molecule has 2 aliphatic heterocycles. The number of hydrogen-bond donors (Lipinski definition) is 1. The van der Waals surface area contributed by atoms with E-state index in [0.29, 0.717) is 32.3 Å². The van der Waals surface area contributed by atoms with Gasteiger partial charge in [-0.25, -0.2) is 9.97 Å². The lowest BCUT2D eigenvalue weighted by Gasteiger charge is -2.37. The second kappa shape index (κ2) is 10.9. The number of hydrogen-bond acceptors (Lipinski definition) is 8. The van der Waals surface area contributed by atoms with Crippen molar-refractivity contribution in [3.05, 3.63) is 24.2 Å². The minimum Gasteiger partial charge on any atom is -0.466 e. The van der Waals surface area contributed by atoms with E-state index in [2.05, 4.69) is 20.4 Å². The molecule has 0 aliphatic carbocycles. The zero-order chi connectivity index (χ0) is 26.8. The summed E-state index contributed by atoms with van der Waals surface area (Å²) in [5, 5.41) is 6.99. The van der Waals surface area contributed by atoms with Crippen LogP contribution in [0.3, 0.4) is 0 Å². The molecule has 0 radical (unpaired) electrons. The number of nitrogens with zero attached hydrogens (tertiary/aromatic N) is 6. The van der Waals surface area contributed by atoms with E-state index in [1.807, 2.05) is 0 Å². The molecular weight excluding hydrogens is 515 g/mol. The Morgan fingerprint density at radius 1 is 1.11 bits per heavy atom. The summed E-state index contributed by atoms with van der Waals surface area (Å²) in [7, 11) is -2.09. The van der Waals surface area contributed by atoms with Gasteiger partial charge in [0, 0.05) is 57.2 Å². The molecule has 2 fully saturated rings. The highest BCUT2D eigenvalue weighted by Crippen LogP contribution is 2.36. The van der Waals surface area contributed by atoms with Crippen LogP contribution >= 0.6 is 0 Å². The number of rotatable bonds is 7. The summed E-state index contributed by atoms with van der Waals surface area (Å²) >= 11 is 0. The van der Waals surface area contributed by atoms with Crippen molar-refractivity contribution in [3.63, 3.8) is 0 Å². The van der Waals surface area contributed by atoms with E-state index < -0.39 is 21.9 Å². The van der Waals surface area contributed by atoms with Gasteiger partial charge < -0.3 is 10.1 Å². The van der Waals surface area contributed by atoms with E-state index in [9.17, 15) is 26.4 Å². The SMILES string of the molecule is CCOC(=O)C1CCN(S(=O)(=O)N2CCC(Nc3ncc(C(F)(F)F)c(-c4cnn(C)c4)n3)CC2)CC1. The third-order valence-corrected chi connectivity index (χ3v) is 8.62. The summed E-state index contributed by atoms with van der Waals surface area (Å²) < 4.78 is 76.0. The Morgan fingerprint density at radius 3 is 2.27 bits per heavy atom. The Balaban J connectivity index is 1.37. The normalized spacial score (nSPS) is 19.2. The molecule has 2 aromatic rings. The summed E-state index contributed by atoms with van der Waals surface area (Å²) in [6.07, 6.45) is 0.573. The fourth-order valence-electron chi connectivity index (χ4n) is 4.58. The molecule has 4 heterocycles. The fourth-order valence-corrected chi connectivity index (χ4v) is 6.25. The van der Waals surface area contributed by atoms with Crippen molar-refractivity contribution in [1.29, 1.82) is 0 Å². The molecule has 15 heteroatoms. The van der Waals surface area contributed by atoms with Crippen LogP contribution in [0.4, 0.5) is 19.1 Å². The van der Waals surface area contributed by atoms with Crippen molar-refractivity contribution in [1.82, 2.24) is 28.4 Å². The number of ether oxygens (including phenoxy) is 1. The Bertz CT molecular complexity index is 1210. The van der Waals surface area contributed by atoms with E-state index >= 15 is 0 Å². The summed E-state index contributed by atoms with van der Waals surface area (Å²) in [5.41, 5.74) is -1.02. The van der Waals surface area contributed by atoms with Gasteiger partial charge in [-0.15, -0.1) is 0 Å². The van der Waals surface area contributed by atoms with Gasteiger partial charge in [0.25, 0.3) is 10.2 Å². The number of esters is 1. The van der Waals surface area contributed by atoms with E-state index in [0.717, 1.165) is 6.20 Å². The number of carbonyl (C=O) groups excluding carboxylic acids is 1. The maximum Gasteiger partial charge on any atom is 0.419 e. The minimum atomic E-state index is -4.63. The molecule has 0 amide bonds. The zero-order valence-corrected chi connectivity index (χ0v) is 21.4. The number of alkyl halides is 3. The number of nitrogens with one attached hydrogen (secondary N) is 1. The van der Waals surface area contributed by atoms with Crippen LogP contribution in [0.1, 0.15) is 38.2 Å². The van der Waals surface area contributed by atoms with Crippen LogP contribution in [0.25, 0.3) is 11.3 Å². The van der Waals surface area contributed by atoms with Crippen molar-refractivity contribution in [3.8, 4) is 11.3 Å². The van der Waals surface area contributed by atoms with Gasteiger partial charge in [-0.2, -0.15) is 35.3 Å². The number of aromatic nitrogens is 4. The molecule has 0 spiro atoms. The topological polar surface area (TPSA) is 123 Å². The highest BCUT2D eigenvalue weighted by molar-refractivity contribution is 7.86. The number of carbonyl (C=O) groups is 1. The summed E-state index contributed by atoms with van der Waals surface area (Å²) in [4.78, 5) is 19.9. The number of anilines is 1. The lowest BCUT2D eigenvalue weighted by molar-refractivity contribution is -0.149. The average molecular weight is 546 g/mol. The van der Waals surface area contributed by atoms with E-state index in [4.69, 9.17) is 4.74 Å². The molecule has 1 N–H and O–H groups in total. The van der Waals surface area contributed by atoms with E-state index in [-0.39, 0.29) is 61.3 Å². The molecule has 11 nitrogen and oxygen atoms in total. The number of aryl methyl sites for hydroxylation is 1. The van der Waals surface area contributed by atoms with Crippen LogP contribution in [0.5, 0.6) is 0 Å². The zero-order valence-electron chi connectivity index (χ0n) is 20.6. The molecule has 0 unspecified atom stereocenters. The molecule has 37 heavy (non-hydrogen) atoms. The van der Waals surface area contributed by atoms with Crippen LogP contribution in [0, 0.1) is 5.92 Å². The van der Waals surface area contributed by atoms with Crippen molar-refractivity contribution >= 4 is 22.1 Å². The first kappa shape index (κ1) is 27.3. The van der Waals surface area contributed by atoms with Crippen LogP contribution < -0.4 is 5.32 Å². The van der Waals surface area contributed by atoms with Crippen molar-refractivity contribution < 1.29 is 31.1 Å². The molecule has 2 saturated heterocycles. The summed E-state index contributed by atoms with van der Waals surface area (Å²) in [6, 6.07) is -0.209. The average Bonchev–Trinajstić information content (AvgIpc) is 3.30. The molecule has 0 bridgehead atoms. The van der Waals surface area contributed by atoms with Gasteiger partial charge in [-0.3, -0.25) is 9.48 Å². The summed E-state index contributed by atoms with van der Waals surface area (Å²) in [5.74, 6) is -0.542. The monoisotopic (exact) mass is 545 g/mol. The summed E-state index contributed by atoms with van der Waals surface area (Å²) in [6.45, 7) is 3.02. The number of piperidine rings is 2. The van der Waals surface area contributed by atoms with Crippen LogP contribution in [-0.2, 0) is 33.0 Å². The first-order chi connectivity index (χ1) is 17.5. The van der Waals surface area contributed by atoms with Gasteiger partial charge in [0.15, 0.2) is 0 Å². The van der Waals surface area contributed by atoms with Gasteiger partial charge in [0.05, 0.1) is 24.4 Å². The molecule has 0 saturated carbocycles. The predicted molar refractivity (Wildman–Crippen MR) is 127 cm³/mol. The molecule has 0 atom stereocenters. The Kier molecular flexibility index (Phi) is 8.04. The smallest absolute Gasteiger partial charge is 0.419 e.